The zero-order chi connectivity index (χ0) is 17.6. The van der Waals surface area contributed by atoms with E-state index in [4.69, 9.17) is 4.52 Å². The molecule has 2 rings (SSSR count). The monoisotopic (exact) mass is 336 g/mol. The molecule has 1 aliphatic carbocycles. The highest BCUT2D eigenvalue weighted by atomic mass is 16.5. The molecule has 0 aliphatic heterocycles. The molecule has 1 amide bonds. The van der Waals surface area contributed by atoms with Crippen LogP contribution in [-0.4, -0.2) is 41.6 Å². The van der Waals surface area contributed by atoms with E-state index < -0.39 is 0 Å². The van der Waals surface area contributed by atoms with Gasteiger partial charge in [0.2, 0.25) is 11.8 Å². The van der Waals surface area contributed by atoms with Crippen LogP contribution in [0.25, 0.3) is 0 Å². The molecule has 1 heterocycles. The normalized spacial score (nSPS) is 15.2. The second kappa shape index (κ2) is 8.12. The molecule has 0 radical (unpaired) electrons. The van der Waals surface area contributed by atoms with Crippen LogP contribution < -0.4 is 16.0 Å². The fraction of sp³-hybridized carbons (Fsp3) is 0.750. The minimum absolute atomic E-state index is 0.153. The van der Waals surface area contributed by atoms with Crippen LogP contribution in [-0.2, 0) is 16.8 Å². The molecule has 1 fully saturated rings. The van der Waals surface area contributed by atoms with Crippen molar-refractivity contribution in [2.24, 2.45) is 10.9 Å². The second-order valence-corrected chi connectivity index (χ2v) is 6.95. The van der Waals surface area contributed by atoms with Gasteiger partial charge in [-0.05, 0) is 19.8 Å². The third-order valence-corrected chi connectivity index (χ3v) is 3.50. The van der Waals surface area contributed by atoms with Crippen molar-refractivity contribution in [2.45, 2.75) is 52.5 Å². The minimum Gasteiger partial charge on any atom is -0.357 e. The number of aliphatic imine (C=N–C) groups is 1. The molecule has 134 valence electrons. The van der Waals surface area contributed by atoms with Crippen molar-refractivity contribution < 1.29 is 9.32 Å². The molecule has 0 saturated heterocycles. The summed E-state index contributed by atoms with van der Waals surface area (Å²) in [5.74, 6) is 2.22. The predicted molar refractivity (Wildman–Crippen MR) is 91.6 cm³/mol. The number of amides is 1. The van der Waals surface area contributed by atoms with Gasteiger partial charge in [-0.25, -0.2) is 4.99 Å². The number of aromatic nitrogens is 2. The molecule has 24 heavy (non-hydrogen) atoms. The lowest BCUT2D eigenvalue weighted by molar-refractivity contribution is -0.122. The number of hydrogen-bond acceptors (Lipinski definition) is 5. The Morgan fingerprint density at radius 3 is 2.54 bits per heavy atom. The van der Waals surface area contributed by atoms with Crippen molar-refractivity contribution in [1.82, 2.24) is 26.1 Å². The quantitative estimate of drug-likeness (QED) is 0.389. The van der Waals surface area contributed by atoms with Gasteiger partial charge in [0.15, 0.2) is 11.8 Å². The first-order valence-corrected chi connectivity index (χ1v) is 8.53. The van der Waals surface area contributed by atoms with Crippen LogP contribution in [0, 0.1) is 5.92 Å². The Balaban J connectivity index is 1.78. The molecule has 0 aromatic carbocycles. The summed E-state index contributed by atoms with van der Waals surface area (Å²) >= 11 is 0. The van der Waals surface area contributed by atoms with E-state index in [0.717, 1.165) is 19.4 Å². The maximum atomic E-state index is 11.6. The summed E-state index contributed by atoms with van der Waals surface area (Å²) in [4.78, 5) is 20.4. The highest BCUT2D eigenvalue weighted by molar-refractivity contribution is 5.81. The largest absolute Gasteiger partial charge is 0.357 e. The van der Waals surface area contributed by atoms with E-state index in [-0.39, 0.29) is 17.2 Å². The van der Waals surface area contributed by atoms with Gasteiger partial charge < -0.3 is 20.5 Å². The molecule has 1 aromatic heterocycles. The number of guanidine groups is 1. The summed E-state index contributed by atoms with van der Waals surface area (Å²) in [5, 5.41) is 13.2. The summed E-state index contributed by atoms with van der Waals surface area (Å²) < 4.78 is 5.26. The first-order valence-electron chi connectivity index (χ1n) is 8.53. The molecular weight excluding hydrogens is 308 g/mol. The topological polar surface area (TPSA) is 104 Å². The molecule has 0 bridgehead atoms. The van der Waals surface area contributed by atoms with Crippen LogP contribution in [0.15, 0.2) is 9.52 Å². The second-order valence-electron chi connectivity index (χ2n) is 6.95. The van der Waals surface area contributed by atoms with Crippen LogP contribution in [0.3, 0.4) is 0 Å². The lowest BCUT2D eigenvalue weighted by Crippen LogP contribution is -2.41. The highest BCUT2D eigenvalue weighted by Crippen LogP contribution is 2.28. The number of carbonyl (C=O) groups excluding carboxylic acids is 1. The third-order valence-electron chi connectivity index (χ3n) is 3.50. The zero-order valence-electron chi connectivity index (χ0n) is 15.0. The minimum atomic E-state index is -0.169. The Morgan fingerprint density at radius 2 is 1.96 bits per heavy atom. The number of nitrogens with one attached hydrogen (secondary N) is 3. The van der Waals surface area contributed by atoms with Crippen LogP contribution in [0.4, 0.5) is 0 Å². The lowest BCUT2D eigenvalue weighted by Gasteiger charge is -2.11. The lowest BCUT2D eigenvalue weighted by atomic mass is 9.97. The smallest absolute Gasteiger partial charge is 0.232 e. The summed E-state index contributed by atoms with van der Waals surface area (Å²) in [7, 11) is 0. The summed E-state index contributed by atoms with van der Waals surface area (Å²) in [6.45, 7) is 10.3. The maximum absolute atomic E-state index is 11.6. The van der Waals surface area contributed by atoms with Crippen molar-refractivity contribution in [3.05, 3.63) is 11.7 Å². The van der Waals surface area contributed by atoms with Crippen LogP contribution in [0.5, 0.6) is 0 Å². The van der Waals surface area contributed by atoms with Crippen molar-refractivity contribution in [2.75, 3.05) is 19.6 Å². The molecule has 3 N–H and O–H groups in total. The zero-order valence-corrected chi connectivity index (χ0v) is 15.0. The molecule has 8 heteroatoms. The highest BCUT2D eigenvalue weighted by Gasteiger charge is 2.29. The number of rotatable bonds is 7. The van der Waals surface area contributed by atoms with E-state index in [2.05, 4.69) is 31.1 Å². The molecule has 1 aromatic rings. The van der Waals surface area contributed by atoms with E-state index in [0.29, 0.717) is 37.3 Å². The van der Waals surface area contributed by atoms with Crippen LogP contribution >= 0.6 is 0 Å². The summed E-state index contributed by atoms with van der Waals surface area (Å²) in [6.07, 6.45) is 2.04. The first-order chi connectivity index (χ1) is 11.4. The average Bonchev–Trinajstić information content (AvgIpc) is 3.25. The van der Waals surface area contributed by atoms with Gasteiger partial charge in [-0.2, -0.15) is 4.98 Å². The SMILES string of the molecule is CCNC(=NCc1noc(C(C)(C)C)n1)NCCNC(=O)C1CC1. The molecule has 0 atom stereocenters. The molecule has 0 spiro atoms. The Labute approximate surface area is 142 Å². The fourth-order valence-electron chi connectivity index (χ4n) is 1.97. The van der Waals surface area contributed by atoms with Crippen LogP contribution in [0.2, 0.25) is 0 Å². The number of hydrogen-bond donors (Lipinski definition) is 3. The van der Waals surface area contributed by atoms with Gasteiger partial charge >= 0.3 is 0 Å². The Hall–Kier alpha value is -2.12. The summed E-state index contributed by atoms with van der Waals surface area (Å²) in [6, 6.07) is 0. The average molecular weight is 336 g/mol. The standard InChI is InChI=1S/C16H28N6O2/c1-5-17-15(19-9-8-18-13(23)11-6-7-11)20-10-12-21-14(24-22-12)16(2,3)4/h11H,5-10H2,1-4H3,(H,18,23)(H2,17,19,20). The van der Waals surface area contributed by atoms with E-state index in [1.807, 2.05) is 27.7 Å². The molecule has 1 aliphatic rings. The Morgan fingerprint density at radius 1 is 1.25 bits per heavy atom. The summed E-state index contributed by atoms with van der Waals surface area (Å²) in [5.41, 5.74) is -0.169. The molecule has 0 unspecified atom stereocenters. The van der Waals surface area contributed by atoms with Gasteiger partial charge in [0, 0.05) is 31.0 Å². The molecule has 1 saturated carbocycles. The maximum Gasteiger partial charge on any atom is 0.232 e. The van der Waals surface area contributed by atoms with Gasteiger partial charge in [0.05, 0.1) is 0 Å². The first kappa shape index (κ1) is 18.2. The van der Waals surface area contributed by atoms with Gasteiger partial charge in [-0.15, -0.1) is 0 Å². The number of nitrogens with zero attached hydrogens (tertiary/aromatic N) is 3. The third kappa shape index (κ3) is 5.82. The Bertz CT molecular complexity index is 571. The van der Waals surface area contributed by atoms with E-state index in [1.165, 1.54) is 0 Å². The predicted octanol–water partition coefficient (Wildman–Crippen LogP) is 0.948. The molecule has 8 nitrogen and oxygen atoms in total. The van der Waals surface area contributed by atoms with E-state index in [1.54, 1.807) is 0 Å². The van der Waals surface area contributed by atoms with Gasteiger partial charge in [-0.3, -0.25) is 4.79 Å². The van der Waals surface area contributed by atoms with Crippen molar-refractivity contribution in [3.63, 3.8) is 0 Å². The van der Waals surface area contributed by atoms with E-state index >= 15 is 0 Å². The van der Waals surface area contributed by atoms with Crippen LogP contribution in [0.1, 0.15) is 52.3 Å². The molecular formula is C16H28N6O2. The Kier molecular flexibility index (Phi) is 6.16. The van der Waals surface area contributed by atoms with Gasteiger partial charge in [0.1, 0.15) is 6.54 Å². The van der Waals surface area contributed by atoms with Crippen molar-refractivity contribution in [3.8, 4) is 0 Å². The number of carbonyl (C=O) groups is 1. The van der Waals surface area contributed by atoms with Crippen molar-refractivity contribution >= 4 is 11.9 Å². The fourth-order valence-corrected chi connectivity index (χ4v) is 1.97. The van der Waals surface area contributed by atoms with Gasteiger partial charge in [0.25, 0.3) is 0 Å². The van der Waals surface area contributed by atoms with Gasteiger partial charge in [-0.1, -0.05) is 25.9 Å². The van der Waals surface area contributed by atoms with E-state index in [9.17, 15) is 4.79 Å². The van der Waals surface area contributed by atoms with Crippen molar-refractivity contribution in [1.29, 1.82) is 0 Å².